The number of carbonyl (C=O) groups excluding carboxylic acids is 1. The van der Waals surface area contributed by atoms with E-state index in [1.807, 2.05) is 24.6 Å². The van der Waals surface area contributed by atoms with E-state index in [1.54, 1.807) is 12.1 Å². The van der Waals surface area contributed by atoms with E-state index in [9.17, 15) is 4.79 Å². The lowest BCUT2D eigenvalue weighted by molar-refractivity contribution is 0.112. The Morgan fingerprint density at radius 1 is 1.37 bits per heavy atom. The Bertz CT molecular complexity index is 617. The van der Waals surface area contributed by atoms with Crippen molar-refractivity contribution in [3.63, 3.8) is 0 Å². The fourth-order valence-corrected chi connectivity index (χ4v) is 2.54. The highest BCUT2D eigenvalue weighted by atomic mass is 35.5. The van der Waals surface area contributed by atoms with Gasteiger partial charge in [-0.2, -0.15) is 5.10 Å². The van der Waals surface area contributed by atoms with Crippen molar-refractivity contribution in [2.45, 2.75) is 33.7 Å². The van der Waals surface area contributed by atoms with Gasteiger partial charge in [0.1, 0.15) is 0 Å². The Kier molecular flexibility index (Phi) is 4.05. The van der Waals surface area contributed by atoms with E-state index in [1.165, 1.54) is 0 Å². The molecule has 1 aromatic heterocycles. The number of rotatable bonds is 4. The van der Waals surface area contributed by atoms with Gasteiger partial charge in [-0.1, -0.05) is 18.5 Å². The van der Waals surface area contributed by atoms with E-state index in [0.717, 1.165) is 41.8 Å². The molecule has 0 aliphatic carbocycles. The molecule has 2 aromatic rings. The summed E-state index contributed by atoms with van der Waals surface area (Å²) < 4.78 is 1.99. The fourth-order valence-electron chi connectivity index (χ4n) is 2.36. The van der Waals surface area contributed by atoms with Crippen LogP contribution in [0.2, 0.25) is 5.02 Å². The first-order valence-electron chi connectivity index (χ1n) is 6.37. The van der Waals surface area contributed by atoms with Gasteiger partial charge in [-0.05, 0) is 44.0 Å². The van der Waals surface area contributed by atoms with Crippen LogP contribution in [0.4, 0.5) is 0 Å². The van der Waals surface area contributed by atoms with Crippen LogP contribution >= 0.6 is 11.6 Å². The summed E-state index contributed by atoms with van der Waals surface area (Å²) in [7, 11) is 0. The molecule has 100 valence electrons. The lowest BCUT2D eigenvalue weighted by Crippen LogP contribution is -2.01. The van der Waals surface area contributed by atoms with Gasteiger partial charge in [0.05, 0.1) is 5.69 Å². The van der Waals surface area contributed by atoms with Gasteiger partial charge >= 0.3 is 0 Å². The maximum Gasteiger partial charge on any atom is 0.150 e. The topological polar surface area (TPSA) is 34.9 Å². The zero-order valence-electron chi connectivity index (χ0n) is 11.4. The highest BCUT2D eigenvalue weighted by molar-refractivity contribution is 6.31. The quantitative estimate of drug-likeness (QED) is 0.790. The second-order valence-corrected chi connectivity index (χ2v) is 5.05. The summed E-state index contributed by atoms with van der Waals surface area (Å²) >= 11 is 6.05. The molecule has 0 unspecified atom stereocenters. The van der Waals surface area contributed by atoms with Crippen LogP contribution < -0.4 is 0 Å². The predicted molar refractivity (Wildman–Crippen MR) is 77.8 cm³/mol. The summed E-state index contributed by atoms with van der Waals surface area (Å²) in [6.45, 7) is 6.99. The second kappa shape index (κ2) is 5.57. The monoisotopic (exact) mass is 276 g/mol. The third-order valence-corrected chi connectivity index (χ3v) is 3.46. The standard InChI is InChI=1S/C15H17ClN2O/c1-4-7-18-11(3)15(10(2)17-18)14-8-13(16)6-5-12(14)9-19/h5-6,8-9H,4,7H2,1-3H3. The van der Waals surface area contributed by atoms with E-state index in [-0.39, 0.29) is 0 Å². The van der Waals surface area contributed by atoms with Crippen LogP contribution in [0.15, 0.2) is 18.2 Å². The van der Waals surface area contributed by atoms with Gasteiger partial charge in [0.25, 0.3) is 0 Å². The Labute approximate surface area is 118 Å². The first-order valence-corrected chi connectivity index (χ1v) is 6.75. The summed E-state index contributed by atoms with van der Waals surface area (Å²) in [6.07, 6.45) is 1.89. The molecule has 0 atom stereocenters. The van der Waals surface area contributed by atoms with Crippen molar-refractivity contribution >= 4 is 17.9 Å². The maximum absolute atomic E-state index is 11.2. The normalized spacial score (nSPS) is 10.7. The first kappa shape index (κ1) is 13.8. The number of halogens is 1. The van der Waals surface area contributed by atoms with E-state index in [4.69, 9.17) is 11.6 Å². The van der Waals surface area contributed by atoms with Gasteiger partial charge in [0, 0.05) is 28.4 Å². The number of benzene rings is 1. The third-order valence-electron chi connectivity index (χ3n) is 3.23. The van der Waals surface area contributed by atoms with Crippen molar-refractivity contribution in [3.05, 3.63) is 40.2 Å². The average Bonchev–Trinajstić information content (AvgIpc) is 2.65. The molecule has 0 N–H and O–H groups in total. The molecule has 0 aliphatic rings. The minimum absolute atomic E-state index is 0.627. The summed E-state index contributed by atoms with van der Waals surface area (Å²) in [5.41, 5.74) is 4.52. The Morgan fingerprint density at radius 3 is 2.74 bits per heavy atom. The van der Waals surface area contributed by atoms with E-state index in [0.29, 0.717) is 10.6 Å². The predicted octanol–water partition coefficient (Wildman–Crippen LogP) is 4.04. The zero-order chi connectivity index (χ0) is 14.0. The summed E-state index contributed by atoms with van der Waals surface area (Å²) in [5, 5.41) is 5.17. The molecule has 0 amide bonds. The molecular formula is C15H17ClN2O. The number of aldehydes is 1. The second-order valence-electron chi connectivity index (χ2n) is 4.62. The summed E-state index contributed by atoms with van der Waals surface area (Å²) in [4.78, 5) is 11.2. The molecule has 4 heteroatoms. The van der Waals surface area contributed by atoms with Crippen LogP contribution in [0, 0.1) is 13.8 Å². The molecule has 0 fully saturated rings. The number of nitrogens with zero attached hydrogens (tertiary/aromatic N) is 2. The molecule has 1 heterocycles. The van der Waals surface area contributed by atoms with Crippen LogP contribution in [0.3, 0.4) is 0 Å². The summed E-state index contributed by atoms with van der Waals surface area (Å²) in [6, 6.07) is 5.31. The van der Waals surface area contributed by atoms with Crippen molar-refractivity contribution in [2.24, 2.45) is 0 Å². The van der Waals surface area contributed by atoms with E-state index < -0.39 is 0 Å². The lowest BCUT2D eigenvalue weighted by atomic mass is 9.99. The molecule has 0 saturated carbocycles. The maximum atomic E-state index is 11.2. The number of aryl methyl sites for hydroxylation is 2. The van der Waals surface area contributed by atoms with Crippen LogP contribution in [0.5, 0.6) is 0 Å². The largest absolute Gasteiger partial charge is 0.298 e. The highest BCUT2D eigenvalue weighted by Crippen LogP contribution is 2.31. The highest BCUT2D eigenvalue weighted by Gasteiger charge is 2.16. The molecule has 0 radical (unpaired) electrons. The van der Waals surface area contributed by atoms with Crippen LogP contribution in [-0.4, -0.2) is 16.1 Å². The Balaban J connectivity index is 2.64. The van der Waals surface area contributed by atoms with Gasteiger partial charge in [0.2, 0.25) is 0 Å². The van der Waals surface area contributed by atoms with Crippen LogP contribution in [0.25, 0.3) is 11.1 Å². The molecule has 0 saturated heterocycles. The van der Waals surface area contributed by atoms with Crippen molar-refractivity contribution in [3.8, 4) is 11.1 Å². The van der Waals surface area contributed by atoms with Crippen molar-refractivity contribution in [2.75, 3.05) is 0 Å². The molecule has 3 nitrogen and oxygen atoms in total. The lowest BCUT2D eigenvalue weighted by Gasteiger charge is -2.07. The minimum Gasteiger partial charge on any atom is -0.298 e. The first-order chi connectivity index (χ1) is 9.08. The molecule has 1 aromatic carbocycles. The van der Waals surface area contributed by atoms with Crippen LogP contribution in [-0.2, 0) is 6.54 Å². The van der Waals surface area contributed by atoms with E-state index in [2.05, 4.69) is 12.0 Å². The number of aromatic nitrogens is 2. The average molecular weight is 277 g/mol. The van der Waals surface area contributed by atoms with E-state index >= 15 is 0 Å². The van der Waals surface area contributed by atoms with Gasteiger partial charge in [-0.15, -0.1) is 0 Å². The molecule has 19 heavy (non-hydrogen) atoms. The minimum atomic E-state index is 0.627. The Morgan fingerprint density at radius 2 is 2.11 bits per heavy atom. The molecule has 0 bridgehead atoms. The van der Waals surface area contributed by atoms with Gasteiger partial charge in [-0.25, -0.2) is 0 Å². The van der Waals surface area contributed by atoms with Crippen molar-refractivity contribution < 1.29 is 4.79 Å². The van der Waals surface area contributed by atoms with Gasteiger partial charge < -0.3 is 0 Å². The summed E-state index contributed by atoms with van der Waals surface area (Å²) in [5.74, 6) is 0. The zero-order valence-corrected chi connectivity index (χ0v) is 12.2. The Hall–Kier alpha value is -1.61. The number of hydrogen-bond donors (Lipinski definition) is 0. The number of carbonyl (C=O) groups is 1. The van der Waals surface area contributed by atoms with Gasteiger partial charge in [0.15, 0.2) is 6.29 Å². The number of hydrogen-bond acceptors (Lipinski definition) is 2. The molecular weight excluding hydrogens is 260 g/mol. The molecule has 0 spiro atoms. The smallest absolute Gasteiger partial charge is 0.150 e. The molecule has 0 aliphatic heterocycles. The third kappa shape index (κ3) is 2.56. The fraction of sp³-hybridized carbons (Fsp3) is 0.333. The van der Waals surface area contributed by atoms with Crippen molar-refractivity contribution in [1.29, 1.82) is 0 Å². The SMILES string of the molecule is CCCn1nc(C)c(-c2cc(Cl)ccc2C=O)c1C. The van der Waals surface area contributed by atoms with Crippen molar-refractivity contribution in [1.82, 2.24) is 9.78 Å². The molecule has 2 rings (SSSR count). The van der Waals surface area contributed by atoms with Gasteiger partial charge in [-0.3, -0.25) is 9.48 Å². The van der Waals surface area contributed by atoms with Crippen LogP contribution in [0.1, 0.15) is 35.1 Å².